The number of hydrogen-bond donors (Lipinski definition) is 0. The molecule has 0 radical (unpaired) electrons. The number of carbonyl (C=O) groups is 1. The summed E-state index contributed by atoms with van der Waals surface area (Å²) in [5.41, 5.74) is 2.07. The monoisotopic (exact) mass is 491 g/mol. The van der Waals surface area contributed by atoms with E-state index in [0.717, 1.165) is 11.1 Å². The van der Waals surface area contributed by atoms with Crippen molar-refractivity contribution in [2.24, 2.45) is 0 Å². The predicted octanol–water partition coefficient (Wildman–Crippen LogP) is 3.07. The number of hydrogen-bond acceptors (Lipinski definition) is 7. The van der Waals surface area contributed by atoms with Gasteiger partial charge < -0.3 is 23.8 Å². The Labute approximate surface area is 209 Å². The van der Waals surface area contributed by atoms with Crippen LogP contribution < -0.4 is 19.9 Å². The van der Waals surface area contributed by atoms with Crippen molar-refractivity contribution in [2.75, 3.05) is 32.9 Å². The molecule has 0 spiro atoms. The number of likely N-dealkylation sites (N-methyl/N-ethyl adjacent to an activating group) is 1. The first-order valence-corrected chi connectivity index (χ1v) is 12.2. The van der Waals surface area contributed by atoms with Crippen molar-refractivity contribution in [3.05, 3.63) is 70.6 Å². The molecular weight excluding hydrogens is 462 g/mol. The summed E-state index contributed by atoms with van der Waals surface area (Å²) in [6, 6.07) is 17.0. The minimum absolute atomic E-state index is 0.112. The fraction of sp³-hybridized carbons (Fsp3) is 0.370. The van der Waals surface area contributed by atoms with Gasteiger partial charge in [-0.2, -0.15) is 4.98 Å². The molecule has 0 fully saturated rings. The van der Waals surface area contributed by atoms with Gasteiger partial charge in [-0.25, -0.2) is 4.79 Å². The van der Waals surface area contributed by atoms with Gasteiger partial charge in [-0.3, -0.25) is 9.36 Å². The highest BCUT2D eigenvalue weighted by molar-refractivity contribution is 5.77. The first kappa shape index (κ1) is 23.9. The Bertz CT molecular complexity index is 1300. The van der Waals surface area contributed by atoms with Crippen LogP contribution in [0.15, 0.2) is 59.4 Å². The molecule has 36 heavy (non-hydrogen) atoms. The van der Waals surface area contributed by atoms with E-state index in [9.17, 15) is 9.59 Å². The molecule has 2 aliphatic rings. The summed E-state index contributed by atoms with van der Waals surface area (Å²) in [5.74, 6) is 1.44. The van der Waals surface area contributed by atoms with Gasteiger partial charge in [0.15, 0.2) is 17.6 Å². The maximum atomic E-state index is 13.2. The van der Waals surface area contributed by atoms with Crippen LogP contribution in [-0.4, -0.2) is 59.4 Å². The molecule has 2 aliphatic heterocycles. The lowest BCUT2D eigenvalue weighted by Gasteiger charge is -2.30. The molecule has 1 aromatic heterocycles. The largest absolute Gasteiger partial charge is 0.486 e. The number of aromatic nitrogens is 2. The van der Waals surface area contributed by atoms with E-state index in [-0.39, 0.29) is 31.1 Å². The Hall–Kier alpha value is -3.85. The number of nitrogens with zero attached hydrogens (tertiary/aromatic N) is 3. The maximum Gasteiger partial charge on any atom is 0.353 e. The highest BCUT2D eigenvalue weighted by Crippen LogP contribution is 2.35. The van der Waals surface area contributed by atoms with E-state index in [1.807, 2.05) is 62.4 Å². The van der Waals surface area contributed by atoms with E-state index in [1.54, 1.807) is 11.0 Å². The van der Waals surface area contributed by atoms with Crippen LogP contribution in [0, 0.1) is 0 Å². The van der Waals surface area contributed by atoms with E-state index >= 15 is 0 Å². The van der Waals surface area contributed by atoms with Crippen LogP contribution in [0.3, 0.4) is 0 Å². The molecule has 2 atom stereocenters. The van der Waals surface area contributed by atoms with Gasteiger partial charge in [0.1, 0.15) is 26.0 Å². The Kier molecular flexibility index (Phi) is 6.90. The quantitative estimate of drug-likeness (QED) is 0.478. The van der Waals surface area contributed by atoms with Gasteiger partial charge in [0.05, 0.1) is 5.69 Å². The smallest absolute Gasteiger partial charge is 0.353 e. The second-order valence-corrected chi connectivity index (χ2v) is 8.63. The van der Waals surface area contributed by atoms with Gasteiger partial charge in [-0.1, -0.05) is 36.4 Å². The first-order chi connectivity index (χ1) is 17.6. The average Bonchev–Trinajstić information content (AvgIpc) is 2.91. The van der Waals surface area contributed by atoms with Gasteiger partial charge in [0.2, 0.25) is 11.8 Å². The predicted molar refractivity (Wildman–Crippen MR) is 132 cm³/mol. The number of amides is 1. The van der Waals surface area contributed by atoms with Gasteiger partial charge in [-0.15, -0.1) is 0 Å². The molecular formula is C27H29N3O6. The average molecular weight is 492 g/mol. The van der Waals surface area contributed by atoms with Crippen molar-refractivity contribution in [3.63, 3.8) is 0 Å². The summed E-state index contributed by atoms with van der Waals surface area (Å²) >= 11 is 0. The van der Waals surface area contributed by atoms with E-state index in [1.165, 1.54) is 4.57 Å². The fourth-order valence-corrected chi connectivity index (χ4v) is 4.55. The zero-order chi connectivity index (χ0) is 25.1. The third-order valence-corrected chi connectivity index (χ3v) is 6.41. The van der Waals surface area contributed by atoms with Crippen molar-refractivity contribution < 1.29 is 23.7 Å². The van der Waals surface area contributed by atoms with Crippen LogP contribution in [0.2, 0.25) is 0 Å². The summed E-state index contributed by atoms with van der Waals surface area (Å²) in [6.07, 6.45) is -0.520. The lowest BCUT2D eigenvalue weighted by Crippen LogP contribution is -2.38. The molecule has 3 aromatic rings. The molecule has 3 heterocycles. The van der Waals surface area contributed by atoms with Crippen LogP contribution in [0.4, 0.5) is 0 Å². The van der Waals surface area contributed by atoms with E-state index in [4.69, 9.17) is 18.9 Å². The number of benzene rings is 2. The zero-order valence-electron chi connectivity index (χ0n) is 20.4. The van der Waals surface area contributed by atoms with E-state index in [0.29, 0.717) is 43.3 Å². The third kappa shape index (κ3) is 4.79. The number of rotatable bonds is 8. The molecule has 1 amide bonds. The van der Waals surface area contributed by atoms with Crippen molar-refractivity contribution in [1.82, 2.24) is 14.5 Å². The van der Waals surface area contributed by atoms with E-state index in [2.05, 4.69) is 4.98 Å². The maximum absolute atomic E-state index is 13.2. The molecule has 0 aliphatic carbocycles. The van der Waals surface area contributed by atoms with Crippen LogP contribution in [0.5, 0.6) is 17.4 Å². The van der Waals surface area contributed by atoms with Gasteiger partial charge in [0, 0.05) is 31.1 Å². The van der Waals surface area contributed by atoms with Crippen molar-refractivity contribution in [1.29, 1.82) is 0 Å². The Morgan fingerprint density at radius 3 is 2.67 bits per heavy atom. The van der Waals surface area contributed by atoms with Gasteiger partial charge in [-0.05, 0) is 31.5 Å². The molecule has 0 N–H and O–H groups in total. The summed E-state index contributed by atoms with van der Waals surface area (Å²) in [5, 5.41) is 0. The van der Waals surface area contributed by atoms with Crippen LogP contribution in [0.1, 0.15) is 25.6 Å². The summed E-state index contributed by atoms with van der Waals surface area (Å²) in [6.45, 7) is 5.45. The molecule has 188 valence electrons. The molecule has 0 bridgehead atoms. The second kappa shape index (κ2) is 10.4. The number of fused-ring (bicyclic) bond motifs is 4. The van der Waals surface area contributed by atoms with Crippen molar-refractivity contribution >= 4 is 5.91 Å². The fourth-order valence-electron chi connectivity index (χ4n) is 4.55. The highest BCUT2D eigenvalue weighted by Gasteiger charge is 2.29. The minimum atomic E-state index is -0.643. The Morgan fingerprint density at radius 2 is 1.86 bits per heavy atom. The number of carbonyl (C=O) groups excluding carboxylic acids is 1. The Balaban J connectivity index is 1.36. The van der Waals surface area contributed by atoms with Crippen LogP contribution in [0.25, 0.3) is 11.3 Å². The molecule has 0 saturated carbocycles. The lowest BCUT2D eigenvalue weighted by atomic mass is 9.97. The molecule has 2 aromatic carbocycles. The molecule has 5 rings (SSSR count). The standard InChI is InChI=1S/C27H29N3O6/c1-3-29(4-2)25(31)17-35-26-13-18-9-5-6-10-20(18)21-14-24(28-27(32)30(21)26)34-16-19-15-33-22-11-7-8-12-23(22)36-19/h5-12,14,19,26H,3-4,13,15-17H2,1-2H3. The summed E-state index contributed by atoms with van der Waals surface area (Å²) < 4.78 is 25.0. The van der Waals surface area contributed by atoms with E-state index < -0.39 is 11.9 Å². The number of para-hydroxylation sites is 2. The van der Waals surface area contributed by atoms with Crippen molar-refractivity contribution in [2.45, 2.75) is 32.6 Å². The van der Waals surface area contributed by atoms with Crippen molar-refractivity contribution in [3.8, 4) is 28.6 Å². The SMILES string of the molecule is CCN(CC)C(=O)COC1Cc2ccccc2-c2cc(OCC3COc4ccccc4O3)nc(=O)n21. The normalized spacial score (nSPS) is 17.6. The van der Waals surface area contributed by atoms with Crippen LogP contribution in [-0.2, 0) is 16.0 Å². The minimum Gasteiger partial charge on any atom is -0.486 e. The topological polar surface area (TPSA) is 92.1 Å². The second-order valence-electron chi connectivity index (χ2n) is 8.63. The van der Waals surface area contributed by atoms with Crippen LogP contribution >= 0.6 is 0 Å². The zero-order valence-corrected chi connectivity index (χ0v) is 20.4. The Morgan fingerprint density at radius 1 is 1.11 bits per heavy atom. The highest BCUT2D eigenvalue weighted by atomic mass is 16.6. The summed E-state index contributed by atoms with van der Waals surface area (Å²) in [7, 11) is 0. The molecule has 9 heteroatoms. The summed E-state index contributed by atoms with van der Waals surface area (Å²) in [4.78, 5) is 31.5. The molecule has 9 nitrogen and oxygen atoms in total. The molecule has 0 saturated heterocycles. The molecule has 2 unspecified atom stereocenters. The number of ether oxygens (including phenoxy) is 4. The van der Waals surface area contributed by atoms with Gasteiger partial charge in [0.25, 0.3) is 0 Å². The van der Waals surface area contributed by atoms with Gasteiger partial charge >= 0.3 is 5.69 Å². The first-order valence-electron chi connectivity index (χ1n) is 12.2. The third-order valence-electron chi connectivity index (χ3n) is 6.41. The lowest BCUT2D eigenvalue weighted by molar-refractivity contribution is -0.140.